The van der Waals surface area contributed by atoms with Crippen LogP contribution in [-0.4, -0.2) is 57.8 Å². The molecule has 0 aliphatic carbocycles. The van der Waals surface area contributed by atoms with Crippen molar-refractivity contribution in [2.75, 3.05) is 30.8 Å². The van der Waals surface area contributed by atoms with Crippen molar-refractivity contribution in [1.29, 1.82) is 0 Å². The zero-order chi connectivity index (χ0) is 18.8. The van der Waals surface area contributed by atoms with Crippen molar-refractivity contribution < 1.29 is 4.79 Å². The number of amides is 1. The maximum atomic E-state index is 12.7. The quantitative estimate of drug-likeness (QED) is 0.708. The lowest BCUT2D eigenvalue weighted by molar-refractivity contribution is -0.131. The molecule has 3 N–H and O–H groups in total. The van der Waals surface area contributed by atoms with E-state index in [1.54, 1.807) is 0 Å². The predicted octanol–water partition coefficient (Wildman–Crippen LogP) is 1.59. The Morgan fingerprint density at radius 3 is 3.00 bits per heavy atom. The second-order valence-corrected chi connectivity index (χ2v) is 7.27. The van der Waals surface area contributed by atoms with Gasteiger partial charge in [0.05, 0.1) is 12.2 Å². The average Bonchev–Trinajstić information content (AvgIpc) is 3.28. The van der Waals surface area contributed by atoms with E-state index in [1.165, 1.54) is 0 Å². The van der Waals surface area contributed by atoms with Crippen LogP contribution in [0, 0.1) is 0 Å². The minimum atomic E-state index is -0.127. The fraction of sp³-hybridized carbons (Fsp3) is 0.526. The molecular formula is C19H27N7O. The molecule has 0 saturated carbocycles. The topological polar surface area (TPSA) is 87.1 Å². The Balaban J connectivity index is 1.65. The maximum Gasteiger partial charge on any atom is 0.239 e. The molecule has 8 nitrogen and oxygen atoms in total. The van der Waals surface area contributed by atoms with Gasteiger partial charge in [0.15, 0.2) is 0 Å². The number of hydrogen-bond acceptors (Lipinski definition) is 6. The zero-order valence-corrected chi connectivity index (χ0v) is 15.9. The number of aromatic nitrogens is 3. The van der Waals surface area contributed by atoms with Gasteiger partial charge in [-0.15, -0.1) is 0 Å². The van der Waals surface area contributed by atoms with Crippen LogP contribution in [0.4, 0.5) is 17.5 Å². The monoisotopic (exact) mass is 369 g/mol. The number of likely N-dealkylation sites (N-methyl/N-ethyl adjacent to an activating group) is 1. The van der Waals surface area contributed by atoms with Crippen LogP contribution in [0.15, 0.2) is 24.4 Å². The average molecular weight is 369 g/mol. The second-order valence-electron chi connectivity index (χ2n) is 7.27. The summed E-state index contributed by atoms with van der Waals surface area (Å²) in [6.07, 6.45) is 4.44. The van der Waals surface area contributed by atoms with E-state index in [2.05, 4.69) is 28.0 Å². The van der Waals surface area contributed by atoms with E-state index in [0.717, 1.165) is 61.9 Å². The summed E-state index contributed by atoms with van der Waals surface area (Å²) in [6, 6.07) is 5.98. The molecular weight excluding hydrogens is 342 g/mol. The number of nitrogens with one attached hydrogen (secondary N) is 3. The number of hydrogen-bond donors (Lipinski definition) is 3. The van der Waals surface area contributed by atoms with E-state index in [-0.39, 0.29) is 18.0 Å². The molecule has 2 aromatic heterocycles. The van der Waals surface area contributed by atoms with Crippen LogP contribution in [0.25, 0.3) is 0 Å². The summed E-state index contributed by atoms with van der Waals surface area (Å²) >= 11 is 0. The first kappa shape index (κ1) is 17.8. The number of nitrogens with zero attached hydrogens (tertiary/aromatic N) is 4. The van der Waals surface area contributed by atoms with E-state index < -0.39 is 0 Å². The smallest absolute Gasteiger partial charge is 0.239 e. The predicted molar refractivity (Wildman–Crippen MR) is 105 cm³/mol. The fourth-order valence-corrected chi connectivity index (χ4v) is 3.82. The Bertz CT molecular complexity index is 818. The van der Waals surface area contributed by atoms with Crippen LogP contribution >= 0.6 is 0 Å². The highest BCUT2D eigenvalue weighted by molar-refractivity contribution is 5.82. The summed E-state index contributed by atoms with van der Waals surface area (Å²) in [6.45, 7) is 4.36. The van der Waals surface area contributed by atoms with Crippen molar-refractivity contribution in [3.63, 3.8) is 0 Å². The molecule has 2 aliphatic heterocycles. The van der Waals surface area contributed by atoms with Gasteiger partial charge >= 0.3 is 0 Å². The maximum absolute atomic E-state index is 12.7. The summed E-state index contributed by atoms with van der Waals surface area (Å²) in [5.41, 5.74) is 1.15. The summed E-state index contributed by atoms with van der Waals surface area (Å²) in [5, 5.41) is 14.7. The molecule has 1 amide bonds. The Labute approximate surface area is 159 Å². The number of anilines is 3. The standard InChI is InChI=1S/C19H27N7O/c1-3-26-18-13(11-21-26)6-5-9-25(2)19(27)15-10-14(12-20-15)22-16-7-4-8-17(23-16)24-18/h4,7-8,11,14-15,20H,3,5-6,9-10,12H2,1-2H3,(H2,22,23,24)/t14-,15-/m0/s1. The highest BCUT2D eigenvalue weighted by Crippen LogP contribution is 2.23. The fourth-order valence-electron chi connectivity index (χ4n) is 3.82. The van der Waals surface area contributed by atoms with Gasteiger partial charge in [0.2, 0.25) is 5.91 Å². The van der Waals surface area contributed by atoms with E-state index >= 15 is 0 Å². The van der Waals surface area contributed by atoms with E-state index in [1.807, 2.05) is 41.0 Å². The number of carbonyl (C=O) groups is 1. The molecule has 8 heteroatoms. The van der Waals surface area contributed by atoms with Gasteiger partial charge in [0, 0.05) is 38.3 Å². The van der Waals surface area contributed by atoms with E-state index in [4.69, 9.17) is 4.98 Å². The number of fused-ring (bicyclic) bond motifs is 5. The Kier molecular flexibility index (Phi) is 4.98. The lowest BCUT2D eigenvalue weighted by atomic mass is 10.1. The van der Waals surface area contributed by atoms with E-state index in [9.17, 15) is 4.79 Å². The summed E-state index contributed by atoms with van der Waals surface area (Å²) in [5.74, 6) is 2.75. The van der Waals surface area contributed by atoms with Gasteiger partial charge in [-0.05, 0) is 38.3 Å². The Morgan fingerprint density at radius 2 is 2.15 bits per heavy atom. The molecule has 2 aromatic rings. The van der Waals surface area contributed by atoms with Crippen LogP contribution in [0.3, 0.4) is 0 Å². The third-order valence-electron chi connectivity index (χ3n) is 5.31. The summed E-state index contributed by atoms with van der Waals surface area (Å²) in [7, 11) is 1.89. The largest absolute Gasteiger partial charge is 0.366 e. The molecule has 0 aromatic carbocycles. The van der Waals surface area contributed by atoms with Gasteiger partial charge in [-0.1, -0.05) is 6.07 Å². The van der Waals surface area contributed by atoms with Gasteiger partial charge in [0.25, 0.3) is 0 Å². The Morgan fingerprint density at radius 1 is 1.30 bits per heavy atom. The molecule has 4 heterocycles. The first-order valence-corrected chi connectivity index (χ1v) is 9.67. The van der Waals surface area contributed by atoms with Crippen LogP contribution in [0.5, 0.6) is 0 Å². The molecule has 4 bridgehead atoms. The van der Waals surface area contributed by atoms with Gasteiger partial charge in [0.1, 0.15) is 17.5 Å². The van der Waals surface area contributed by atoms with Crippen molar-refractivity contribution in [3.8, 4) is 0 Å². The zero-order valence-electron chi connectivity index (χ0n) is 15.9. The van der Waals surface area contributed by atoms with Crippen LogP contribution in [-0.2, 0) is 17.8 Å². The molecule has 4 rings (SSSR count). The second kappa shape index (κ2) is 7.56. The third-order valence-corrected chi connectivity index (χ3v) is 5.31. The Hall–Kier alpha value is -2.61. The highest BCUT2D eigenvalue weighted by Gasteiger charge is 2.31. The number of pyridine rings is 1. The molecule has 144 valence electrons. The molecule has 2 aliphatic rings. The molecule has 27 heavy (non-hydrogen) atoms. The number of carbonyl (C=O) groups excluding carboxylic acids is 1. The molecule has 0 spiro atoms. The minimum Gasteiger partial charge on any atom is -0.366 e. The van der Waals surface area contributed by atoms with Crippen molar-refractivity contribution in [2.45, 2.75) is 44.8 Å². The van der Waals surface area contributed by atoms with Crippen LogP contribution < -0.4 is 16.0 Å². The highest BCUT2D eigenvalue weighted by atomic mass is 16.2. The molecule has 1 fully saturated rings. The van der Waals surface area contributed by atoms with Crippen molar-refractivity contribution in [2.24, 2.45) is 0 Å². The molecule has 1 saturated heterocycles. The molecule has 2 atom stereocenters. The number of rotatable bonds is 1. The first-order valence-electron chi connectivity index (χ1n) is 9.67. The lowest BCUT2D eigenvalue weighted by Crippen LogP contribution is -2.42. The molecule has 0 unspecified atom stereocenters. The minimum absolute atomic E-state index is 0.127. The molecule has 0 radical (unpaired) electrons. The third kappa shape index (κ3) is 3.75. The number of aryl methyl sites for hydroxylation is 2. The first-order chi connectivity index (χ1) is 13.1. The van der Waals surface area contributed by atoms with Gasteiger partial charge in [-0.2, -0.15) is 5.10 Å². The van der Waals surface area contributed by atoms with Crippen molar-refractivity contribution in [1.82, 2.24) is 25.0 Å². The van der Waals surface area contributed by atoms with Crippen LogP contribution in [0.1, 0.15) is 25.3 Å². The van der Waals surface area contributed by atoms with Crippen molar-refractivity contribution >= 4 is 23.4 Å². The van der Waals surface area contributed by atoms with Crippen LogP contribution in [0.2, 0.25) is 0 Å². The van der Waals surface area contributed by atoms with Gasteiger partial charge in [-0.25, -0.2) is 9.67 Å². The summed E-state index contributed by atoms with van der Waals surface area (Å²) in [4.78, 5) is 19.2. The lowest BCUT2D eigenvalue weighted by Gasteiger charge is -2.21. The van der Waals surface area contributed by atoms with Gasteiger partial charge in [-0.3, -0.25) is 4.79 Å². The van der Waals surface area contributed by atoms with Crippen molar-refractivity contribution in [3.05, 3.63) is 30.0 Å². The summed E-state index contributed by atoms with van der Waals surface area (Å²) < 4.78 is 1.95. The SMILES string of the molecule is CCn1ncc2c1Nc1cccc(n1)N[C@@H]1CN[C@@H](C1)C(=O)N(C)CCC2. The normalized spacial score (nSPS) is 23.0. The van der Waals surface area contributed by atoms with E-state index in [0.29, 0.717) is 0 Å². The van der Waals surface area contributed by atoms with Gasteiger partial charge < -0.3 is 20.9 Å².